The van der Waals surface area contributed by atoms with Crippen LogP contribution in [-0.2, 0) is 0 Å². The fraction of sp³-hybridized carbons (Fsp3) is 0.533. The summed E-state index contributed by atoms with van der Waals surface area (Å²) in [7, 11) is 1.86. The molecule has 0 atom stereocenters. The minimum atomic E-state index is -0.194. The summed E-state index contributed by atoms with van der Waals surface area (Å²) in [6.45, 7) is 10.2. The van der Waals surface area contributed by atoms with Gasteiger partial charge in [-0.2, -0.15) is 0 Å². The van der Waals surface area contributed by atoms with E-state index < -0.39 is 0 Å². The molecule has 18 heavy (non-hydrogen) atoms. The number of carbonyl (C=O) groups is 1. The molecule has 0 aliphatic heterocycles. The van der Waals surface area contributed by atoms with Gasteiger partial charge in [-0.3, -0.25) is 4.79 Å². The predicted molar refractivity (Wildman–Crippen MR) is 80.6 cm³/mol. The van der Waals surface area contributed by atoms with Crippen molar-refractivity contribution in [2.45, 2.75) is 40.2 Å². The Balaban J connectivity index is 3.20. The number of rotatable bonds is 3. The highest BCUT2D eigenvalue weighted by atomic mass is 79.9. The highest BCUT2D eigenvalue weighted by molar-refractivity contribution is 9.09. The van der Waals surface area contributed by atoms with Gasteiger partial charge in [0.05, 0.1) is 0 Å². The summed E-state index contributed by atoms with van der Waals surface area (Å²) >= 11 is 3.47. The first-order valence-corrected chi connectivity index (χ1v) is 7.25. The zero-order valence-corrected chi connectivity index (χ0v) is 13.7. The monoisotopic (exact) mass is 311 g/mol. The van der Waals surface area contributed by atoms with Crippen LogP contribution in [0.15, 0.2) is 12.1 Å². The summed E-state index contributed by atoms with van der Waals surface area (Å²) in [4.78, 5) is 14.4. The second-order valence-electron chi connectivity index (χ2n) is 5.58. The van der Waals surface area contributed by atoms with Gasteiger partial charge in [0.2, 0.25) is 0 Å². The topological polar surface area (TPSA) is 20.3 Å². The van der Waals surface area contributed by atoms with Gasteiger partial charge < -0.3 is 4.90 Å². The number of alkyl halides is 1. The van der Waals surface area contributed by atoms with E-state index in [2.05, 4.69) is 48.8 Å². The number of aryl methyl sites for hydroxylation is 3. The summed E-state index contributed by atoms with van der Waals surface area (Å²) < 4.78 is 0. The number of amides is 1. The van der Waals surface area contributed by atoms with Crippen molar-refractivity contribution in [3.8, 4) is 0 Å². The molecular weight excluding hydrogens is 290 g/mol. The molecule has 0 aromatic heterocycles. The third-order valence-corrected chi connectivity index (χ3v) is 4.80. The number of carbonyl (C=O) groups excluding carboxylic acids is 1. The number of nitrogens with zero attached hydrogens (tertiary/aromatic N) is 1. The maximum Gasteiger partial charge on any atom is 0.254 e. The molecule has 0 aliphatic rings. The lowest BCUT2D eigenvalue weighted by Gasteiger charge is -2.35. The van der Waals surface area contributed by atoms with E-state index in [1.807, 2.05) is 25.8 Å². The van der Waals surface area contributed by atoms with E-state index in [1.165, 1.54) is 5.56 Å². The molecule has 0 fully saturated rings. The Kier molecular flexibility index (Phi) is 4.60. The van der Waals surface area contributed by atoms with Crippen LogP contribution in [0.5, 0.6) is 0 Å². The first-order valence-electron chi connectivity index (χ1n) is 6.12. The number of halogens is 1. The minimum Gasteiger partial charge on any atom is -0.336 e. The van der Waals surface area contributed by atoms with E-state index in [0.717, 1.165) is 22.0 Å². The normalized spacial score (nSPS) is 11.5. The lowest BCUT2D eigenvalue weighted by molar-refractivity contribution is 0.0662. The molecule has 0 unspecified atom stereocenters. The minimum absolute atomic E-state index is 0.0921. The molecule has 1 amide bonds. The maximum atomic E-state index is 12.6. The maximum absolute atomic E-state index is 12.6. The van der Waals surface area contributed by atoms with E-state index in [9.17, 15) is 4.79 Å². The van der Waals surface area contributed by atoms with Crippen LogP contribution in [0.1, 0.15) is 40.9 Å². The van der Waals surface area contributed by atoms with Crippen molar-refractivity contribution < 1.29 is 4.79 Å². The Bertz CT molecular complexity index is 443. The summed E-state index contributed by atoms with van der Waals surface area (Å²) in [5, 5.41) is 0.756. The number of hydrogen-bond donors (Lipinski definition) is 0. The SMILES string of the molecule is Cc1cc(C)c(C(=O)N(C)C(C)(C)CBr)c(C)c1. The molecule has 0 bridgehead atoms. The van der Waals surface area contributed by atoms with Gasteiger partial charge in [-0.25, -0.2) is 0 Å². The molecule has 1 rings (SSSR count). The van der Waals surface area contributed by atoms with E-state index in [1.54, 1.807) is 0 Å². The van der Waals surface area contributed by atoms with Crippen LogP contribution in [0.4, 0.5) is 0 Å². The molecule has 1 aromatic rings. The standard InChI is InChI=1S/C15H22BrNO/c1-10-7-11(2)13(12(3)8-10)14(18)17(6)15(4,5)9-16/h7-8H,9H2,1-6H3. The zero-order chi connectivity index (χ0) is 14.1. The lowest BCUT2D eigenvalue weighted by Crippen LogP contribution is -2.46. The first kappa shape index (κ1) is 15.2. The Morgan fingerprint density at radius 1 is 1.22 bits per heavy atom. The third-order valence-electron chi connectivity index (χ3n) is 3.43. The molecule has 0 N–H and O–H groups in total. The molecule has 0 heterocycles. The smallest absolute Gasteiger partial charge is 0.254 e. The molecule has 0 spiro atoms. The fourth-order valence-electron chi connectivity index (χ4n) is 2.05. The molecule has 3 heteroatoms. The Labute approximate surface area is 119 Å². The van der Waals surface area contributed by atoms with E-state index in [-0.39, 0.29) is 11.4 Å². The molecule has 100 valence electrons. The Morgan fingerprint density at radius 3 is 2.06 bits per heavy atom. The second kappa shape index (κ2) is 5.43. The quantitative estimate of drug-likeness (QED) is 0.776. The largest absolute Gasteiger partial charge is 0.336 e. The molecule has 0 saturated heterocycles. The Morgan fingerprint density at radius 2 is 1.67 bits per heavy atom. The van der Waals surface area contributed by atoms with Crippen LogP contribution in [0.2, 0.25) is 0 Å². The van der Waals surface area contributed by atoms with Gasteiger partial charge in [0.1, 0.15) is 0 Å². The number of hydrogen-bond acceptors (Lipinski definition) is 1. The van der Waals surface area contributed by atoms with Crippen LogP contribution in [0.3, 0.4) is 0 Å². The average Bonchev–Trinajstić information content (AvgIpc) is 2.26. The van der Waals surface area contributed by atoms with Crippen LogP contribution in [0.25, 0.3) is 0 Å². The fourth-order valence-corrected chi connectivity index (χ4v) is 2.43. The molecule has 0 saturated carbocycles. The summed E-state index contributed by atoms with van der Waals surface area (Å²) in [5.41, 5.74) is 3.94. The predicted octanol–water partition coefficient (Wildman–Crippen LogP) is 3.86. The first-order chi connectivity index (χ1) is 8.20. The van der Waals surface area contributed by atoms with Gasteiger partial charge in [-0.1, -0.05) is 33.6 Å². The third kappa shape index (κ3) is 2.94. The van der Waals surface area contributed by atoms with Crippen molar-refractivity contribution in [1.82, 2.24) is 4.90 Å². The Hall–Kier alpha value is -0.830. The highest BCUT2D eigenvalue weighted by Gasteiger charge is 2.28. The summed E-state index contributed by atoms with van der Waals surface area (Å²) in [5.74, 6) is 0.0921. The average molecular weight is 312 g/mol. The van der Waals surface area contributed by atoms with Gasteiger partial charge in [0.25, 0.3) is 5.91 Å². The highest BCUT2D eigenvalue weighted by Crippen LogP contribution is 2.23. The van der Waals surface area contributed by atoms with Crippen molar-refractivity contribution in [3.63, 3.8) is 0 Å². The molecule has 0 aliphatic carbocycles. The van der Waals surface area contributed by atoms with Gasteiger partial charge in [0, 0.05) is 23.5 Å². The van der Waals surface area contributed by atoms with Crippen molar-refractivity contribution in [2.75, 3.05) is 12.4 Å². The molecule has 1 aromatic carbocycles. The van der Waals surface area contributed by atoms with E-state index >= 15 is 0 Å². The number of benzene rings is 1. The van der Waals surface area contributed by atoms with Crippen LogP contribution < -0.4 is 0 Å². The summed E-state index contributed by atoms with van der Waals surface area (Å²) in [6.07, 6.45) is 0. The van der Waals surface area contributed by atoms with Gasteiger partial charge in [0.15, 0.2) is 0 Å². The van der Waals surface area contributed by atoms with E-state index in [0.29, 0.717) is 0 Å². The van der Waals surface area contributed by atoms with Gasteiger partial charge >= 0.3 is 0 Å². The van der Waals surface area contributed by atoms with Crippen LogP contribution in [-0.4, -0.2) is 28.7 Å². The summed E-state index contributed by atoms with van der Waals surface area (Å²) in [6, 6.07) is 4.13. The van der Waals surface area contributed by atoms with Crippen molar-refractivity contribution >= 4 is 21.8 Å². The van der Waals surface area contributed by atoms with E-state index in [4.69, 9.17) is 0 Å². The van der Waals surface area contributed by atoms with Gasteiger partial charge in [-0.05, 0) is 45.7 Å². The lowest BCUT2D eigenvalue weighted by atomic mass is 9.97. The molecular formula is C15H22BrNO. The van der Waals surface area contributed by atoms with Crippen LogP contribution >= 0.6 is 15.9 Å². The van der Waals surface area contributed by atoms with Crippen LogP contribution in [0, 0.1) is 20.8 Å². The zero-order valence-electron chi connectivity index (χ0n) is 12.1. The van der Waals surface area contributed by atoms with Crippen molar-refractivity contribution in [1.29, 1.82) is 0 Å². The van der Waals surface area contributed by atoms with Crippen molar-refractivity contribution in [3.05, 3.63) is 34.4 Å². The second-order valence-corrected chi connectivity index (χ2v) is 6.14. The molecule has 2 nitrogen and oxygen atoms in total. The van der Waals surface area contributed by atoms with Crippen molar-refractivity contribution in [2.24, 2.45) is 0 Å². The molecule has 0 radical (unpaired) electrons. The van der Waals surface area contributed by atoms with Gasteiger partial charge in [-0.15, -0.1) is 0 Å².